The van der Waals surface area contributed by atoms with Crippen LogP contribution in [0.25, 0.3) is 10.8 Å². The smallest absolute Gasteiger partial charge is 0.157 e. The van der Waals surface area contributed by atoms with E-state index in [9.17, 15) is 5.26 Å². The third-order valence-electron chi connectivity index (χ3n) is 7.62. The number of aryl methyl sites for hydroxylation is 2. The van der Waals surface area contributed by atoms with Gasteiger partial charge in [0, 0.05) is 15.8 Å². The fraction of sp³-hybridized carbons (Fsp3) is 0.559. The van der Waals surface area contributed by atoms with Crippen molar-refractivity contribution in [2.45, 2.75) is 120 Å². The van der Waals surface area contributed by atoms with E-state index in [2.05, 4.69) is 70.0 Å². The number of rotatable bonds is 9. The molecule has 1 aromatic heterocycles. The molecule has 0 fully saturated rings. The van der Waals surface area contributed by atoms with Crippen LogP contribution in [-0.2, 0) is 0 Å². The zero-order valence-corrected chi connectivity index (χ0v) is 26.9. The summed E-state index contributed by atoms with van der Waals surface area (Å²) in [5.41, 5.74) is 5.27. The van der Waals surface area contributed by atoms with Crippen molar-refractivity contribution in [1.82, 2.24) is 10.2 Å². The number of anilines is 1. The van der Waals surface area contributed by atoms with Crippen molar-refractivity contribution in [2.24, 2.45) is 5.41 Å². The molecule has 0 saturated carbocycles. The van der Waals surface area contributed by atoms with E-state index in [0.717, 1.165) is 44.0 Å². The van der Waals surface area contributed by atoms with Gasteiger partial charge in [-0.15, -0.1) is 5.10 Å². The normalized spacial score (nSPS) is 11.5. The van der Waals surface area contributed by atoms with Crippen LogP contribution >= 0.6 is 11.6 Å². The fourth-order valence-corrected chi connectivity index (χ4v) is 5.35. The molecule has 1 N–H and O–H groups in total. The Morgan fingerprint density at radius 1 is 0.923 bits per heavy atom. The largest absolute Gasteiger partial charge is 0.362 e. The lowest BCUT2D eigenvalue weighted by molar-refractivity contribution is 0.214. The average molecular weight is 551 g/mol. The van der Waals surface area contributed by atoms with Crippen LogP contribution in [0.1, 0.15) is 127 Å². The minimum absolute atomic E-state index is 0.00973. The van der Waals surface area contributed by atoms with Gasteiger partial charge in [0.15, 0.2) is 5.82 Å². The summed E-state index contributed by atoms with van der Waals surface area (Å²) in [4.78, 5) is 0. The quantitative estimate of drug-likeness (QED) is 0.287. The summed E-state index contributed by atoms with van der Waals surface area (Å²) in [6.45, 7) is 21.5. The molecule has 0 aliphatic carbocycles. The van der Waals surface area contributed by atoms with E-state index in [1.165, 1.54) is 44.9 Å². The maximum Gasteiger partial charge on any atom is 0.157 e. The van der Waals surface area contributed by atoms with Crippen LogP contribution in [0.5, 0.6) is 0 Å². The van der Waals surface area contributed by atoms with Crippen LogP contribution in [0.3, 0.4) is 0 Å². The molecule has 2 aromatic carbocycles. The first kappa shape index (κ1) is 34.4. The summed E-state index contributed by atoms with van der Waals surface area (Å²) >= 11 is 6.27. The van der Waals surface area contributed by atoms with Crippen molar-refractivity contribution in [3.8, 4) is 6.07 Å². The fourth-order valence-electron chi connectivity index (χ4n) is 5.19. The molecule has 0 aliphatic heterocycles. The van der Waals surface area contributed by atoms with Crippen LogP contribution in [-0.4, -0.2) is 10.2 Å². The number of benzene rings is 2. The predicted molar refractivity (Wildman–Crippen MR) is 171 cm³/mol. The summed E-state index contributed by atoms with van der Waals surface area (Å²) in [5.74, 6) is 0.717. The average Bonchev–Trinajstić information content (AvgIpc) is 2.92. The van der Waals surface area contributed by atoms with E-state index in [1.807, 2.05) is 51.1 Å². The molecule has 0 radical (unpaired) electrons. The van der Waals surface area contributed by atoms with Gasteiger partial charge in [0.25, 0.3) is 0 Å². The van der Waals surface area contributed by atoms with Gasteiger partial charge in [0.1, 0.15) is 0 Å². The summed E-state index contributed by atoms with van der Waals surface area (Å²) in [6.07, 6.45) is 9.53. The molecule has 1 atom stereocenters. The number of hydrogen-bond acceptors (Lipinski definition) is 4. The molecule has 5 heteroatoms. The molecular weight excluding hydrogens is 500 g/mol. The first-order chi connectivity index (χ1) is 18.6. The molecule has 0 amide bonds. The Labute approximate surface area is 243 Å². The summed E-state index contributed by atoms with van der Waals surface area (Å²) in [5, 5.41) is 24.0. The molecule has 3 rings (SSSR count). The summed E-state index contributed by atoms with van der Waals surface area (Å²) in [7, 11) is 0. The van der Waals surface area contributed by atoms with Gasteiger partial charge in [-0.1, -0.05) is 97.4 Å². The second-order valence-electron chi connectivity index (χ2n) is 10.7. The van der Waals surface area contributed by atoms with Crippen LogP contribution < -0.4 is 5.32 Å². The number of nitrogens with one attached hydrogen (secondary N) is 1. The highest BCUT2D eigenvalue weighted by Gasteiger charge is 2.23. The number of nitriles is 1. The lowest BCUT2D eigenvalue weighted by atomic mass is 9.75. The Balaban J connectivity index is 0.000000457. The molecule has 0 unspecified atom stereocenters. The van der Waals surface area contributed by atoms with Crippen molar-refractivity contribution >= 4 is 28.2 Å². The van der Waals surface area contributed by atoms with E-state index < -0.39 is 0 Å². The first-order valence-electron chi connectivity index (χ1n) is 14.8. The number of halogens is 1. The van der Waals surface area contributed by atoms with Crippen molar-refractivity contribution in [2.75, 3.05) is 5.32 Å². The lowest BCUT2D eigenvalue weighted by Crippen LogP contribution is -2.17. The van der Waals surface area contributed by atoms with E-state index in [-0.39, 0.29) is 6.04 Å². The lowest BCUT2D eigenvalue weighted by Gasteiger charge is -2.31. The molecule has 39 heavy (non-hydrogen) atoms. The Hall–Kier alpha value is -2.64. The van der Waals surface area contributed by atoms with Gasteiger partial charge in [-0.25, -0.2) is 0 Å². The molecule has 3 aromatic rings. The SMILES string of the molecule is CCC.CCCC(CC)(CC)CCC.Cc1cc2c(N[C@H](C)c3cccc(C#N)c3C)nnc(C)c2cc1Cl. The van der Waals surface area contributed by atoms with Crippen molar-refractivity contribution in [3.05, 3.63) is 63.3 Å². The van der Waals surface area contributed by atoms with Gasteiger partial charge >= 0.3 is 0 Å². The number of aromatic nitrogens is 2. The van der Waals surface area contributed by atoms with Gasteiger partial charge in [0.05, 0.1) is 23.4 Å². The molecular formula is C34H51ClN4. The zero-order valence-electron chi connectivity index (χ0n) is 26.1. The number of hydrogen-bond donors (Lipinski definition) is 1. The summed E-state index contributed by atoms with van der Waals surface area (Å²) < 4.78 is 0. The molecule has 0 saturated heterocycles. The van der Waals surface area contributed by atoms with Gasteiger partial charge < -0.3 is 5.32 Å². The van der Waals surface area contributed by atoms with Crippen LogP contribution in [0, 0.1) is 37.5 Å². The molecule has 4 nitrogen and oxygen atoms in total. The number of nitrogens with zero attached hydrogens (tertiary/aromatic N) is 3. The summed E-state index contributed by atoms with van der Waals surface area (Å²) in [6, 6.07) is 12.0. The topological polar surface area (TPSA) is 61.6 Å². The Morgan fingerprint density at radius 2 is 1.51 bits per heavy atom. The highest BCUT2D eigenvalue weighted by atomic mass is 35.5. The minimum atomic E-state index is -0.00973. The molecule has 1 heterocycles. The van der Waals surface area contributed by atoms with E-state index >= 15 is 0 Å². The van der Waals surface area contributed by atoms with Crippen LogP contribution in [0.15, 0.2) is 30.3 Å². The maximum atomic E-state index is 9.24. The standard InChI is InChI=1S/C20H19ClN4.C11H24.C3H8/c1-11-8-18-17(9-19(11)21)14(4)24-25-20(18)23-13(3)16-7-5-6-15(10-22)12(16)2;1-5-9-11(7-3,8-4)10-6-2;1-3-2/h5-9,13H,1-4H3,(H,23,25);5-10H2,1-4H3;3H2,1-2H3/t13-;;/m1../s1. The highest BCUT2D eigenvalue weighted by Crippen LogP contribution is 2.36. The third kappa shape index (κ3) is 9.50. The highest BCUT2D eigenvalue weighted by molar-refractivity contribution is 6.32. The second-order valence-corrected chi connectivity index (χ2v) is 11.1. The molecule has 0 aliphatic rings. The van der Waals surface area contributed by atoms with Crippen molar-refractivity contribution in [1.29, 1.82) is 5.26 Å². The van der Waals surface area contributed by atoms with Crippen LogP contribution in [0.4, 0.5) is 5.82 Å². The van der Waals surface area contributed by atoms with Gasteiger partial charge in [0.2, 0.25) is 0 Å². The second kappa shape index (κ2) is 17.1. The molecule has 0 spiro atoms. The Bertz CT molecular complexity index is 1200. The molecule has 214 valence electrons. The monoisotopic (exact) mass is 550 g/mol. The van der Waals surface area contributed by atoms with E-state index in [4.69, 9.17) is 11.6 Å². The maximum absolute atomic E-state index is 9.24. The Kier molecular flexibility index (Phi) is 15.1. The predicted octanol–water partition coefficient (Wildman–Crippen LogP) is 11.1. The van der Waals surface area contributed by atoms with Gasteiger partial charge in [-0.05, 0) is 80.8 Å². The zero-order chi connectivity index (χ0) is 29.6. The van der Waals surface area contributed by atoms with E-state index in [0.29, 0.717) is 11.0 Å². The molecule has 0 bridgehead atoms. The van der Waals surface area contributed by atoms with Crippen LogP contribution in [0.2, 0.25) is 5.02 Å². The third-order valence-corrected chi connectivity index (χ3v) is 8.03. The minimum Gasteiger partial charge on any atom is -0.362 e. The van der Waals surface area contributed by atoms with Crippen molar-refractivity contribution in [3.63, 3.8) is 0 Å². The number of fused-ring (bicyclic) bond motifs is 1. The Morgan fingerprint density at radius 3 is 2.03 bits per heavy atom. The van der Waals surface area contributed by atoms with E-state index in [1.54, 1.807) is 0 Å². The van der Waals surface area contributed by atoms with Gasteiger partial charge in [-0.2, -0.15) is 10.4 Å². The van der Waals surface area contributed by atoms with Crippen molar-refractivity contribution < 1.29 is 0 Å². The van der Waals surface area contributed by atoms with Gasteiger partial charge in [-0.3, -0.25) is 0 Å². The first-order valence-corrected chi connectivity index (χ1v) is 15.1.